The summed E-state index contributed by atoms with van der Waals surface area (Å²) in [6.07, 6.45) is 38.2. The number of hydrogen-bond donors (Lipinski definition) is 6. The van der Waals surface area contributed by atoms with Gasteiger partial charge in [0.1, 0.15) is 43.2 Å². The van der Waals surface area contributed by atoms with E-state index in [1.54, 1.807) is 6.08 Å². The normalized spacial score (nSPS) is 22.6. The Morgan fingerprint density at radius 3 is 1.52 bits per heavy atom. The number of carbonyl (C=O) groups is 2. The van der Waals surface area contributed by atoms with E-state index in [4.69, 9.17) is 18.5 Å². The SMILES string of the molecule is CC/C=C/C/C=C/C/C=C/C/C=C/C/C=C/C/C=C/CCC(=O)O[C@H](COC(=O)/C=C/C=C/CCCCCCCCCCCCC)COP(=O)(O)OC1C(O)C(O)C(O)[C@@H](O)C1O. The number of carbonyl (C=O) groups excluding carboxylic acids is 2. The van der Waals surface area contributed by atoms with Crippen LogP contribution in [0.5, 0.6) is 0 Å². The van der Waals surface area contributed by atoms with Crippen LogP contribution in [0.3, 0.4) is 0 Å². The molecule has 6 unspecified atom stereocenters. The second kappa shape index (κ2) is 38.1. The summed E-state index contributed by atoms with van der Waals surface area (Å²) >= 11 is 0. The van der Waals surface area contributed by atoms with Gasteiger partial charge in [0.15, 0.2) is 6.10 Å². The third-order valence-electron chi connectivity index (χ3n) is 10.0. The summed E-state index contributed by atoms with van der Waals surface area (Å²) in [5.74, 6) is -1.46. The minimum absolute atomic E-state index is 0.0533. The van der Waals surface area contributed by atoms with Gasteiger partial charge < -0.3 is 39.9 Å². The first kappa shape index (κ1) is 57.8. The third kappa shape index (κ3) is 30.5. The first-order valence-electron chi connectivity index (χ1n) is 23.1. The zero-order valence-corrected chi connectivity index (χ0v) is 38.7. The summed E-state index contributed by atoms with van der Waals surface area (Å²) in [6, 6.07) is 0. The highest BCUT2D eigenvalue weighted by Crippen LogP contribution is 2.47. The summed E-state index contributed by atoms with van der Waals surface area (Å²) in [7, 11) is -5.16. The zero-order chi connectivity index (χ0) is 46.4. The van der Waals surface area contributed by atoms with Crippen LogP contribution in [0.1, 0.15) is 142 Å². The van der Waals surface area contributed by atoms with E-state index in [1.165, 1.54) is 69.9 Å². The Bertz CT molecular complexity index is 1470. The highest BCUT2D eigenvalue weighted by molar-refractivity contribution is 7.47. The van der Waals surface area contributed by atoms with Gasteiger partial charge in [-0.2, -0.15) is 0 Å². The molecule has 1 fully saturated rings. The molecule has 1 aliphatic carbocycles. The molecule has 14 heteroatoms. The van der Waals surface area contributed by atoms with Gasteiger partial charge in [-0.25, -0.2) is 9.36 Å². The molecule has 0 bridgehead atoms. The van der Waals surface area contributed by atoms with E-state index in [1.807, 2.05) is 24.3 Å². The number of allylic oxidation sites excluding steroid dienone is 15. The number of aliphatic hydroxyl groups excluding tert-OH is 5. The van der Waals surface area contributed by atoms with Gasteiger partial charge >= 0.3 is 19.8 Å². The predicted octanol–water partition coefficient (Wildman–Crippen LogP) is 9.05. The smallest absolute Gasteiger partial charge is 0.458 e. The van der Waals surface area contributed by atoms with Crippen LogP contribution in [-0.2, 0) is 32.7 Å². The maximum atomic E-state index is 12.8. The van der Waals surface area contributed by atoms with Crippen molar-refractivity contribution in [3.8, 4) is 0 Å². The number of esters is 2. The minimum atomic E-state index is -5.16. The van der Waals surface area contributed by atoms with Crippen molar-refractivity contribution in [2.45, 2.75) is 185 Å². The summed E-state index contributed by atoms with van der Waals surface area (Å²) < 4.78 is 33.2. The maximum Gasteiger partial charge on any atom is 0.472 e. The molecule has 1 aliphatic rings. The third-order valence-corrected chi connectivity index (χ3v) is 11.0. The van der Waals surface area contributed by atoms with Gasteiger partial charge in [-0.1, -0.05) is 169 Å². The number of aliphatic hydroxyl groups is 5. The van der Waals surface area contributed by atoms with Crippen LogP contribution in [0, 0.1) is 0 Å². The molecule has 8 atom stereocenters. The second-order valence-corrected chi connectivity index (χ2v) is 17.0. The second-order valence-electron chi connectivity index (χ2n) is 15.6. The van der Waals surface area contributed by atoms with E-state index in [0.29, 0.717) is 12.8 Å². The lowest BCUT2D eigenvalue weighted by Gasteiger charge is -2.41. The Kier molecular flexibility index (Phi) is 34.9. The molecule has 0 spiro atoms. The minimum Gasteiger partial charge on any atom is -0.458 e. The van der Waals surface area contributed by atoms with Crippen LogP contribution in [0.25, 0.3) is 0 Å². The van der Waals surface area contributed by atoms with Crippen LogP contribution in [0.4, 0.5) is 0 Å². The van der Waals surface area contributed by atoms with Crippen LogP contribution in [0.2, 0.25) is 0 Å². The molecule has 358 valence electrons. The molecule has 6 N–H and O–H groups in total. The van der Waals surface area contributed by atoms with E-state index < -0.39 is 75.7 Å². The maximum absolute atomic E-state index is 12.8. The standard InChI is InChI=1S/C49H79O13P/c1-3-5-7-9-11-13-15-17-19-20-21-22-24-26-28-30-32-34-36-38-43(51)61-41(40-60-63(57,58)62-49-47(55)45(53)44(52)46(54)48(49)56)39-59-42(50)37-35-33-31-29-27-25-23-18-16-14-12-10-8-6-4-2/h5,7,11,13,17,19,21-22,26,28,31-35,37,41,44-49,52-56H,3-4,6,8-10,12,14-16,18,20,23-25,27,29-30,36,38-40H2,1-2H3,(H,57,58)/b7-5+,13-11+,19-17+,22-21+,28-26+,33-31+,34-32+,37-35+/t41-,44?,45-,46?,47?,48?,49?/m1/s1. The fraction of sp³-hybridized carbons (Fsp3) is 0.633. The molecule has 0 amide bonds. The van der Waals surface area contributed by atoms with E-state index >= 15 is 0 Å². The molecule has 0 aliphatic heterocycles. The van der Waals surface area contributed by atoms with E-state index in [9.17, 15) is 44.6 Å². The lowest BCUT2D eigenvalue weighted by molar-refractivity contribution is -0.220. The van der Waals surface area contributed by atoms with Crippen LogP contribution >= 0.6 is 7.82 Å². The lowest BCUT2D eigenvalue weighted by atomic mass is 9.85. The first-order valence-corrected chi connectivity index (χ1v) is 24.6. The number of hydrogen-bond acceptors (Lipinski definition) is 12. The van der Waals surface area contributed by atoms with Gasteiger partial charge in [0.05, 0.1) is 6.61 Å². The summed E-state index contributed by atoms with van der Waals surface area (Å²) in [6.45, 7) is 3.00. The Hall–Kier alpha value is -3.23. The molecule has 1 saturated carbocycles. The molecule has 0 saturated heterocycles. The molecular weight excluding hydrogens is 828 g/mol. The van der Waals surface area contributed by atoms with Crippen molar-refractivity contribution in [2.75, 3.05) is 13.2 Å². The zero-order valence-electron chi connectivity index (χ0n) is 37.8. The Morgan fingerprint density at radius 1 is 0.556 bits per heavy atom. The van der Waals surface area contributed by atoms with Gasteiger partial charge in [-0.05, 0) is 57.8 Å². The monoisotopic (exact) mass is 907 g/mol. The Labute approximate surface area is 377 Å². The topological polar surface area (TPSA) is 210 Å². The molecule has 0 aromatic heterocycles. The van der Waals surface area contributed by atoms with Gasteiger partial charge in [-0.3, -0.25) is 13.8 Å². The van der Waals surface area contributed by atoms with Crippen LogP contribution < -0.4 is 0 Å². The average Bonchev–Trinajstić information content (AvgIpc) is 3.26. The summed E-state index contributed by atoms with van der Waals surface area (Å²) in [4.78, 5) is 35.5. The molecule has 0 aromatic carbocycles. The summed E-state index contributed by atoms with van der Waals surface area (Å²) in [5.41, 5.74) is 0. The highest BCUT2D eigenvalue weighted by atomic mass is 31.2. The lowest BCUT2D eigenvalue weighted by Crippen LogP contribution is -2.64. The highest BCUT2D eigenvalue weighted by Gasteiger charge is 2.51. The van der Waals surface area contributed by atoms with Crippen molar-refractivity contribution in [1.82, 2.24) is 0 Å². The molecule has 0 aromatic rings. The number of phosphoric acid groups is 1. The molecule has 0 heterocycles. The number of rotatable bonds is 36. The van der Waals surface area contributed by atoms with Crippen LogP contribution in [-0.4, -0.2) is 98.3 Å². The molecule has 13 nitrogen and oxygen atoms in total. The molecular formula is C49H79O13P. The van der Waals surface area contributed by atoms with Crippen molar-refractivity contribution in [1.29, 1.82) is 0 Å². The predicted molar refractivity (Wildman–Crippen MR) is 248 cm³/mol. The van der Waals surface area contributed by atoms with Crippen LogP contribution in [0.15, 0.2) is 97.2 Å². The molecule has 1 rings (SSSR count). The van der Waals surface area contributed by atoms with E-state index in [2.05, 4.69) is 68.5 Å². The van der Waals surface area contributed by atoms with Gasteiger partial charge in [-0.15, -0.1) is 0 Å². The Morgan fingerprint density at radius 2 is 1.02 bits per heavy atom. The Balaban J connectivity index is 2.58. The number of unbranched alkanes of at least 4 members (excludes halogenated alkanes) is 11. The molecule has 0 radical (unpaired) electrons. The van der Waals surface area contributed by atoms with E-state index in [0.717, 1.165) is 51.4 Å². The van der Waals surface area contributed by atoms with Crippen molar-refractivity contribution >= 4 is 19.8 Å². The number of phosphoric ester groups is 1. The van der Waals surface area contributed by atoms with Gasteiger partial charge in [0.2, 0.25) is 0 Å². The fourth-order valence-corrected chi connectivity index (χ4v) is 7.32. The van der Waals surface area contributed by atoms with Crippen molar-refractivity contribution in [3.63, 3.8) is 0 Å². The summed E-state index contributed by atoms with van der Waals surface area (Å²) in [5, 5.41) is 50.1. The number of ether oxygens (including phenoxy) is 2. The largest absolute Gasteiger partial charge is 0.472 e. The molecule has 63 heavy (non-hydrogen) atoms. The quantitative estimate of drug-likeness (QED) is 0.00867. The van der Waals surface area contributed by atoms with Crippen molar-refractivity contribution in [3.05, 3.63) is 97.2 Å². The van der Waals surface area contributed by atoms with Crippen molar-refractivity contribution < 1.29 is 63.1 Å². The average molecular weight is 907 g/mol. The van der Waals surface area contributed by atoms with E-state index in [-0.39, 0.29) is 6.42 Å². The first-order chi connectivity index (χ1) is 30.4. The fourth-order valence-electron chi connectivity index (χ4n) is 6.34. The van der Waals surface area contributed by atoms with Gasteiger partial charge in [0.25, 0.3) is 0 Å². The van der Waals surface area contributed by atoms with Gasteiger partial charge in [0, 0.05) is 12.5 Å². The van der Waals surface area contributed by atoms with Crippen molar-refractivity contribution in [2.24, 2.45) is 0 Å².